The average molecular weight is 440 g/mol. The molecule has 168 valence electrons. The largest absolute Gasteiger partial charge is 0.356 e. The Hall–Kier alpha value is -3.00. The number of hydrogen-bond acceptors (Lipinski definition) is 5. The van der Waals surface area contributed by atoms with Crippen LogP contribution in [0.1, 0.15) is 46.8 Å². The predicted molar refractivity (Wildman–Crippen MR) is 116 cm³/mol. The Morgan fingerprint density at radius 2 is 2.09 bits per heavy atom. The van der Waals surface area contributed by atoms with Crippen LogP contribution in [0.5, 0.6) is 0 Å². The van der Waals surface area contributed by atoms with E-state index in [1.54, 1.807) is 21.9 Å². The molecule has 1 saturated heterocycles. The molecule has 0 atom stereocenters. The SMILES string of the molecule is CN1CCc2cc[n+](OCCCN3CCC(c4noc5cc(F)ccc45)CC3)cc2C1=O. The highest BCUT2D eigenvalue weighted by atomic mass is 19.1. The molecule has 0 saturated carbocycles. The molecule has 0 aliphatic carbocycles. The van der Waals surface area contributed by atoms with Crippen LogP contribution in [-0.2, 0) is 6.42 Å². The van der Waals surface area contributed by atoms with E-state index >= 15 is 0 Å². The van der Waals surface area contributed by atoms with Gasteiger partial charge in [-0.25, -0.2) is 4.39 Å². The Labute approximate surface area is 186 Å². The monoisotopic (exact) mass is 439 g/mol. The fraction of sp³-hybridized carbons (Fsp3) is 0.458. The van der Waals surface area contributed by atoms with Crippen molar-refractivity contribution in [1.82, 2.24) is 15.0 Å². The molecule has 8 heteroatoms. The first kappa shape index (κ1) is 20.9. The Balaban J connectivity index is 1.09. The number of benzene rings is 1. The van der Waals surface area contributed by atoms with Crippen molar-refractivity contribution in [3.05, 3.63) is 59.3 Å². The van der Waals surface area contributed by atoms with Gasteiger partial charge in [-0.05, 0) is 50.0 Å². The van der Waals surface area contributed by atoms with Crippen molar-refractivity contribution in [2.75, 3.05) is 39.8 Å². The summed E-state index contributed by atoms with van der Waals surface area (Å²) in [6, 6.07) is 6.61. The second-order valence-corrected chi connectivity index (χ2v) is 8.73. The van der Waals surface area contributed by atoms with Crippen LogP contribution in [0.15, 0.2) is 41.2 Å². The van der Waals surface area contributed by atoms with E-state index in [9.17, 15) is 9.18 Å². The summed E-state index contributed by atoms with van der Waals surface area (Å²) < 4.78 is 20.4. The zero-order chi connectivity index (χ0) is 22.1. The van der Waals surface area contributed by atoms with E-state index in [2.05, 4.69) is 10.1 Å². The minimum absolute atomic E-state index is 0.0529. The lowest BCUT2D eigenvalue weighted by Crippen LogP contribution is -2.46. The smallest absolute Gasteiger partial charge is 0.260 e. The summed E-state index contributed by atoms with van der Waals surface area (Å²) >= 11 is 0. The number of pyridine rings is 1. The van der Waals surface area contributed by atoms with Crippen LogP contribution in [0.2, 0.25) is 0 Å². The van der Waals surface area contributed by atoms with Crippen molar-refractivity contribution in [3.8, 4) is 0 Å². The van der Waals surface area contributed by atoms with E-state index in [1.165, 1.54) is 12.1 Å². The van der Waals surface area contributed by atoms with E-state index in [4.69, 9.17) is 9.36 Å². The molecule has 1 amide bonds. The first-order valence-electron chi connectivity index (χ1n) is 11.3. The molecule has 0 spiro atoms. The number of fused-ring (bicyclic) bond motifs is 2. The molecule has 7 nitrogen and oxygen atoms in total. The van der Waals surface area contributed by atoms with Gasteiger partial charge < -0.3 is 14.3 Å². The van der Waals surface area contributed by atoms with Gasteiger partial charge in [0.05, 0.1) is 5.69 Å². The average Bonchev–Trinajstić information content (AvgIpc) is 3.23. The number of halogens is 1. The summed E-state index contributed by atoms with van der Waals surface area (Å²) in [5.74, 6) is 0.0951. The van der Waals surface area contributed by atoms with Gasteiger partial charge in [0.2, 0.25) is 12.4 Å². The highest BCUT2D eigenvalue weighted by molar-refractivity contribution is 5.95. The van der Waals surface area contributed by atoms with Gasteiger partial charge in [0.1, 0.15) is 11.4 Å². The van der Waals surface area contributed by atoms with E-state index in [0.717, 1.165) is 74.1 Å². The van der Waals surface area contributed by atoms with Crippen LogP contribution >= 0.6 is 0 Å². The maximum absolute atomic E-state index is 13.4. The van der Waals surface area contributed by atoms with Crippen molar-refractivity contribution >= 4 is 16.9 Å². The second-order valence-electron chi connectivity index (χ2n) is 8.73. The Bertz CT molecular complexity index is 1120. The van der Waals surface area contributed by atoms with E-state index in [0.29, 0.717) is 18.1 Å². The maximum Gasteiger partial charge on any atom is 0.260 e. The standard InChI is InChI=1S/C24H28FN4O3/c1-27-10-5-17-8-13-29(16-21(17)24(27)30)31-14-2-9-28-11-6-18(7-12-28)23-20-4-3-19(25)15-22(20)32-26-23/h3-4,8,13,15-16,18H,2,5-7,9-12,14H2,1H3/q+1. The van der Waals surface area contributed by atoms with Crippen LogP contribution in [0.25, 0.3) is 11.0 Å². The van der Waals surface area contributed by atoms with Gasteiger partial charge in [-0.1, -0.05) is 5.16 Å². The van der Waals surface area contributed by atoms with Crippen LogP contribution in [-0.4, -0.2) is 60.7 Å². The van der Waals surface area contributed by atoms with E-state index in [-0.39, 0.29) is 11.7 Å². The highest BCUT2D eigenvalue weighted by Gasteiger charge is 2.26. The minimum atomic E-state index is -0.301. The third kappa shape index (κ3) is 4.19. The van der Waals surface area contributed by atoms with Crippen molar-refractivity contribution in [1.29, 1.82) is 0 Å². The topological polar surface area (TPSA) is 62.7 Å². The number of nitrogens with zero attached hydrogens (tertiary/aromatic N) is 4. The molecule has 1 fully saturated rings. The second kappa shape index (κ2) is 8.86. The number of aromatic nitrogens is 2. The molecule has 5 rings (SSSR count). The third-order valence-electron chi connectivity index (χ3n) is 6.61. The van der Waals surface area contributed by atoms with Crippen molar-refractivity contribution in [3.63, 3.8) is 0 Å². The first-order valence-corrected chi connectivity index (χ1v) is 11.3. The van der Waals surface area contributed by atoms with Gasteiger partial charge in [0.25, 0.3) is 5.91 Å². The van der Waals surface area contributed by atoms with Gasteiger partial charge in [0.15, 0.2) is 12.2 Å². The fourth-order valence-electron chi connectivity index (χ4n) is 4.71. The minimum Gasteiger partial charge on any atom is -0.356 e. The van der Waals surface area contributed by atoms with Gasteiger partial charge in [0, 0.05) is 54.7 Å². The maximum atomic E-state index is 13.4. The van der Waals surface area contributed by atoms with Gasteiger partial charge in [-0.3, -0.25) is 9.63 Å². The summed E-state index contributed by atoms with van der Waals surface area (Å²) in [5, 5.41) is 5.15. The number of piperidine rings is 1. The summed E-state index contributed by atoms with van der Waals surface area (Å²) in [6.07, 6.45) is 7.50. The molecular weight excluding hydrogens is 411 g/mol. The van der Waals surface area contributed by atoms with Gasteiger partial charge in [-0.15, -0.1) is 0 Å². The van der Waals surface area contributed by atoms with E-state index in [1.807, 2.05) is 19.3 Å². The van der Waals surface area contributed by atoms with Crippen LogP contribution in [0.3, 0.4) is 0 Å². The van der Waals surface area contributed by atoms with Crippen LogP contribution in [0.4, 0.5) is 4.39 Å². The zero-order valence-electron chi connectivity index (χ0n) is 18.3. The molecule has 2 aliphatic rings. The normalized spacial score (nSPS) is 17.7. The lowest BCUT2D eigenvalue weighted by atomic mass is 9.91. The van der Waals surface area contributed by atoms with Gasteiger partial charge in [-0.2, -0.15) is 0 Å². The number of likely N-dealkylation sites (N-methyl/N-ethyl adjacent to an activating group) is 1. The van der Waals surface area contributed by atoms with Crippen molar-refractivity contribution in [2.45, 2.75) is 31.6 Å². The first-order chi connectivity index (χ1) is 15.6. The van der Waals surface area contributed by atoms with E-state index < -0.39 is 0 Å². The Morgan fingerprint density at radius 3 is 2.94 bits per heavy atom. The molecule has 0 N–H and O–H groups in total. The van der Waals surface area contributed by atoms with Gasteiger partial charge >= 0.3 is 0 Å². The number of rotatable bonds is 6. The molecule has 0 bridgehead atoms. The molecule has 1 aromatic carbocycles. The molecule has 32 heavy (non-hydrogen) atoms. The van der Waals surface area contributed by atoms with Crippen molar-refractivity contribution in [2.24, 2.45) is 0 Å². The third-order valence-corrected chi connectivity index (χ3v) is 6.61. The molecule has 0 radical (unpaired) electrons. The number of hydrogen-bond donors (Lipinski definition) is 0. The predicted octanol–water partition coefficient (Wildman–Crippen LogP) is 2.58. The summed E-state index contributed by atoms with van der Waals surface area (Å²) in [6.45, 7) is 4.30. The Kier molecular flexibility index (Phi) is 5.78. The number of carbonyl (C=O) groups excluding carboxylic acids is 1. The molecular formula is C24H28FN4O3+. The fourth-order valence-corrected chi connectivity index (χ4v) is 4.71. The summed E-state index contributed by atoms with van der Waals surface area (Å²) in [7, 11) is 1.83. The highest BCUT2D eigenvalue weighted by Crippen LogP contribution is 2.32. The molecule has 2 aromatic heterocycles. The lowest BCUT2D eigenvalue weighted by molar-refractivity contribution is -0.891. The molecule has 0 unspecified atom stereocenters. The number of amides is 1. The zero-order valence-corrected chi connectivity index (χ0v) is 18.3. The van der Waals surface area contributed by atoms with Crippen molar-refractivity contribution < 1.29 is 23.3 Å². The molecule has 4 heterocycles. The molecule has 2 aliphatic heterocycles. The Morgan fingerprint density at radius 1 is 1.25 bits per heavy atom. The quantitative estimate of drug-likeness (QED) is 0.436. The molecule has 3 aromatic rings. The van der Waals surface area contributed by atoms with Crippen LogP contribution in [0, 0.1) is 5.82 Å². The lowest BCUT2D eigenvalue weighted by Gasteiger charge is -2.30. The van der Waals surface area contributed by atoms with Crippen LogP contribution < -0.4 is 9.57 Å². The number of likely N-dealkylation sites (tertiary alicyclic amines) is 1. The summed E-state index contributed by atoms with van der Waals surface area (Å²) in [4.78, 5) is 22.4. The summed E-state index contributed by atoms with van der Waals surface area (Å²) in [5.41, 5.74) is 3.28. The number of carbonyl (C=O) groups is 1.